The molecule has 1 aromatic rings. The molecule has 0 bridgehead atoms. The van der Waals surface area contributed by atoms with E-state index in [1.807, 2.05) is 13.8 Å². The molecular formula is C14H18ClNO3. The van der Waals surface area contributed by atoms with Crippen LogP contribution in [0.1, 0.15) is 37.0 Å². The predicted molar refractivity (Wildman–Crippen MR) is 74.5 cm³/mol. The molecule has 0 saturated carbocycles. The Balaban J connectivity index is 2.75. The molecule has 0 aliphatic rings. The Morgan fingerprint density at radius 2 is 2.05 bits per heavy atom. The summed E-state index contributed by atoms with van der Waals surface area (Å²) in [5.74, 6) is -0.971. The summed E-state index contributed by atoms with van der Waals surface area (Å²) >= 11 is 5.87. The van der Waals surface area contributed by atoms with Gasteiger partial charge in [0.1, 0.15) is 0 Å². The van der Waals surface area contributed by atoms with Crippen LogP contribution >= 0.6 is 11.6 Å². The Kier molecular flexibility index (Phi) is 5.83. The standard InChI is InChI=1S/C14H18ClNO3/c1-10(2)16(8-4-7-13(17)18)14(19)11-5-3-6-12(15)9-11/h3,5-6,9-10H,4,7-8H2,1-2H3,(H,17,18). The highest BCUT2D eigenvalue weighted by Gasteiger charge is 2.18. The molecule has 0 unspecified atom stereocenters. The van der Waals surface area contributed by atoms with Crippen molar-refractivity contribution < 1.29 is 14.7 Å². The SMILES string of the molecule is CC(C)N(CCCC(=O)O)C(=O)c1cccc(Cl)c1. The van der Waals surface area contributed by atoms with Gasteiger partial charge in [0, 0.05) is 29.6 Å². The molecule has 1 amide bonds. The minimum atomic E-state index is -0.848. The van der Waals surface area contributed by atoms with E-state index in [0.717, 1.165) is 0 Å². The molecule has 0 aliphatic heterocycles. The maximum absolute atomic E-state index is 12.3. The minimum Gasteiger partial charge on any atom is -0.481 e. The van der Waals surface area contributed by atoms with Gasteiger partial charge >= 0.3 is 5.97 Å². The highest BCUT2D eigenvalue weighted by molar-refractivity contribution is 6.30. The third-order valence-corrected chi connectivity index (χ3v) is 2.98. The largest absolute Gasteiger partial charge is 0.481 e. The van der Waals surface area contributed by atoms with Gasteiger partial charge < -0.3 is 10.0 Å². The number of benzene rings is 1. The summed E-state index contributed by atoms with van der Waals surface area (Å²) in [5.41, 5.74) is 0.525. The number of carbonyl (C=O) groups is 2. The number of hydrogen-bond acceptors (Lipinski definition) is 2. The van der Waals surface area contributed by atoms with Gasteiger partial charge in [0.05, 0.1) is 0 Å². The molecule has 0 saturated heterocycles. The van der Waals surface area contributed by atoms with E-state index in [9.17, 15) is 9.59 Å². The molecule has 1 rings (SSSR count). The van der Waals surface area contributed by atoms with E-state index in [2.05, 4.69) is 0 Å². The fourth-order valence-electron chi connectivity index (χ4n) is 1.78. The van der Waals surface area contributed by atoms with Gasteiger partial charge in [-0.25, -0.2) is 0 Å². The van der Waals surface area contributed by atoms with Crippen LogP contribution in [0.25, 0.3) is 0 Å². The van der Waals surface area contributed by atoms with Crippen LogP contribution in [-0.2, 0) is 4.79 Å². The number of carbonyl (C=O) groups excluding carboxylic acids is 1. The summed E-state index contributed by atoms with van der Waals surface area (Å²) in [6, 6.07) is 6.78. The quantitative estimate of drug-likeness (QED) is 0.873. The number of aliphatic carboxylic acids is 1. The van der Waals surface area contributed by atoms with Gasteiger partial charge in [0.2, 0.25) is 0 Å². The number of carboxylic acids is 1. The summed E-state index contributed by atoms with van der Waals surface area (Å²) < 4.78 is 0. The minimum absolute atomic E-state index is 0.0141. The lowest BCUT2D eigenvalue weighted by molar-refractivity contribution is -0.137. The predicted octanol–water partition coefficient (Wildman–Crippen LogP) is 3.06. The van der Waals surface area contributed by atoms with Crippen molar-refractivity contribution in [1.29, 1.82) is 0 Å². The normalized spacial score (nSPS) is 10.5. The number of hydrogen-bond donors (Lipinski definition) is 1. The smallest absolute Gasteiger partial charge is 0.303 e. The Morgan fingerprint density at radius 3 is 2.58 bits per heavy atom. The Labute approximate surface area is 118 Å². The molecule has 0 radical (unpaired) electrons. The first kappa shape index (κ1) is 15.5. The van der Waals surface area contributed by atoms with Crippen molar-refractivity contribution in [2.75, 3.05) is 6.54 Å². The van der Waals surface area contributed by atoms with Crippen LogP contribution in [0.3, 0.4) is 0 Å². The molecule has 0 spiro atoms. The number of halogens is 1. The summed E-state index contributed by atoms with van der Waals surface area (Å²) in [5, 5.41) is 9.15. The molecule has 1 aromatic carbocycles. The summed E-state index contributed by atoms with van der Waals surface area (Å²) in [4.78, 5) is 24.5. The van der Waals surface area contributed by atoms with Gasteiger partial charge in [-0.05, 0) is 38.5 Å². The first-order chi connectivity index (χ1) is 8.91. The molecule has 0 aromatic heterocycles. The topological polar surface area (TPSA) is 57.6 Å². The number of amides is 1. The second-order valence-electron chi connectivity index (χ2n) is 4.60. The fraction of sp³-hybridized carbons (Fsp3) is 0.429. The van der Waals surface area contributed by atoms with Crippen molar-refractivity contribution in [3.63, 3.8) is 0 Å². The van der Waals surface area contributed by atoms with E-state index < -0.39 is 5.97 Å². The van der Waals surface area contributed by atoms with Gasteiger partial charge in [-0.3, -0.25) is 9.59 Å². The van der Waals surface area contributed by atoms with Gasteiger partial charge in [-0.2, -0.15) is 0 Å². The van der Waals surface area contributed by atoms with Crippen LogP contribution in [0.15, 0.2) is 24.3 Å². The zero-order chi connectivity index (χ0) is 14.4. The van der Waals surface area contributed by atoms with E-state index in [0.29, 0.717) is 23.6 Å². The van der Waals surface area contributed by atoms with Gasteiger partial charge in [-0.15, -0.1) is 0 Å². The zero-order valence-electron chi connectivity index (χ0n) is 11.1. The number of rotatable bonds is 6. The monoisotopic (exact) mass is 283 g/mol. The first-order valence-electron chi connectivity index (χ1n) is 6.20. The lowest BCUT2D eigenvalue weighted by Crippen LogP contribution is -2.37. The highest BCUT2D eigenvalue weighted by atomic mass is 35.5. The van der Waals surface area contributed by atoms with E-state index in [1.165, 1.54) is 0 Å². The molecule has 1 N–H and O–H groups in total. The van der Waals surface area contributed by atoms with E-state index in [1.54, 1.807) is 29.2 Å². The number of carboxylic acid groups (broad SMARTS) is 1. The molecule has 0 aliphatic carbocycles. The van der Waals surface area contributed by atoms with Crippen molar-refractivity contribution in [3.8, 4) is 0 Å². The average molecular weight is 284 g/mol. The van der Waals surface area contributed by atoms with E-state index in [-0.39, 0.29) is 18.4 Å². The maximum atomic E-state index is 12.3. The fourth-order valence-corrected chi connectivity index (χ4v) is 1.97. The molecule has 5 heteroatoms. The van der Waals surface area contributed by atoms with E-state index in [4.69, 9.17) is 16.7 Å². The first-order valence-corrected chi connectivity index (χ1v) is 6.58. The third kappa shape index (κ3) is 4.91. The van der Waals surface area contributed by atoms with Crippen LogP contribution in [0.5, 0.6) is 0 Å². The molecular weight excluding hydrogens is 266 g/mol. The molecule has 0 heterocycles. The second kappa shape index (κ2) is 7.14. The second-order valence-corrected chi connectivity index (χ2v) is 5.04. The molecule has 19 heavy (non-hydrogen) atoms. The molecule has 104 valence electrons. The van der Waals surface area contributed by atoms with Gasteiger partial charge in [0.15, 0.2) is 0 Å². The van der Waals surface area contributed by atoms with Crippen LogP contribution < -0.4 is 0 Å². The highest BCUT2D eigenvalue weighted by Crippen LogP contribution is 2.14. The molecule has 0 atom stereocenters. The Morgan fingerprint density at radius 1 is 1.37 bits per heavy atom. The van der Waals surface area contributed by atoms with Crippen molar-refractivity contribution in [1.82, 2.24) is 4.90 Å². The Bertz CT molecular complexity index is 460. The van der Waals surface area contributed by atoms with Crippen molar-refractivity contribution in [2.45, 2.75) is 32.7 Å². The van der Waals surface area contributed by atoms with Crippen LogP contribution in [0.2, 0.25) is 5.02 Å². The van der Waals surface area contributed by atoms with Gasteiger partial charge in [0.25, 0.3) is 5.91 Å². The maximum Gasteiger partial charge on any atom is 0.303 e. The van der Waals surface area contributed by atoms with E-state index >= 15 is 0 Å². The zero-order valence-corrected chi connectivity index (χ0v) is 11.9. The van der Waals surface area contributed by atoms with Crippen molar-refractivity contribution >= 4 is 23.5 Å². The average Bonchev–Trinajstić information content (AvgIpc) is 2.33. The van der Waals surface area contributed by atoms with Crippen LogP contribution in [0.4, 0.5) is 0 Å². The summed E-state index contributed by atoms with van der Waals surface area (Å²) in [6.07, 6.45) is 0.506. The molecule has 0 fully saturated rings. The van der Waals surface area contributed by atoms with Crippen LogP contribution in [0, 0.1) is 0 Å². The van der Waals surface area contributed by atoms with Crippen molar-refractivity contribution in [2.24, 2.45) is 0 Å². The van der Waals surface area contributed by atoms with Crippen molar-refractivity contribution in [3.05, 3.63) is 34.9 Å². The number of nitrogens with zero attached hydrogens (tertiary/aromatic N) is 1. The van der Waals surface area contributed by atoms with Gasteiger partial charge in [-0.1, -0.05) is 17.7 Å². The summed E-state index contributed by atoms with van der Waals surface area (Å²) in [6.45, 7) is 4.24. The summed E-state index contributed by atoms with van der Waals surface area (Å²) in [7, 11) is 0. The van der Waals surface area contributed by atoms with Crippen LogP contribution in [-0.4, -0.2) is 34.5 Å². The molecule has 4 nitrogen and oxygen atoms in total. The third-order valence-electron chi connectivity index (χ3n) is 2.75. The lowest BCUT2D eigenvalue weighted by Gasteiger charge is -2.26. The lowest BCUT2D eigenvalue weighted by atomic mass is 10.1. The Hall–Kier alpha value is -1.55.